The van der Waals surface area contributed by atoms with Crippen LogP contribution < -0.4 is 32.4 Å². The van der Waals surface area contributed by atoms with Crippen LogP contribution in [0.1, 0.15) is 54.9 Å². The highest BCUT2D eigenvalue weighted by Crippen LogP contribution is 2.41. The van der Waals surface area contributed by atoms with Gasteiger partial charge in [-0.1, -0.05) is 78.9 Å². The maximum atomic E-state index is 14.2. The molecule has 6 rings (SSSR count). The molecule has 1 heterocycles. The van der Waals surface area contributed by atoms with Crippen LogP contribution in [0.2, 0.25) is 0 Å². The number of benzene rings is 5. The van der Waals surface area contributed by atoms with Crippen molar-refractivity contribution in [2.75, 3.05) is 0 Å². The molecule has 1 N–H and O–H groups in total. The Kier molecular flexibility index (Phi) is 15.2. The molecule has 0 spiro atoms. The zero-order valence-corrected chi connectivity index (χ0v) is 35.2. The van der Waals surface area contributed by atoms with Crippen LogP contribution in [-0.2, 0) is 56.0 Å². The summed E-state index contributed by atoms with van der Waals surface area (Å²) in [5, 5.41) is 0. The third-order valence-corrected chi connectivity index (χ3v) is 10.7. The maximum absolute atomic E-state index is 14.2. The number of carbonyl (C=O) groups excluding carboxylic acids is 1. The van der Waals surface area contributed by atoms with E-state index in [2.05, 4.69) is 4.98 Å². The number of H-pyrrole nitrogens is 1. The van der Waals surface area contributed by atoms with Gasteiger partial charge in [0.2, 0.25) is 6.20 Å². The van der Waals surface area contributed by atoms with Crippen LogP contribution in [0.15, 0.2) is 127 Å². The molecule has 6 aromatic rings. The molecule has 29 heteroatoms. The molecule has 0 aliphatic carbocycles. The molecule has 0 atom stereocenters. The van der Waals surface area contributed by atoms with Gasteiger partial charge in [0.15, 0.2) is 12.0 Å². The standard InChI is InChI=1S/C32H12BF24.C12H10N2O2/c34-25(35,36)13-1-14(26(37,38)39)6-21(5-13)33(22-7-15(27(40,41)42)2-16(8-22)28(43,44)45,23-9-17(29(46,47)48)3-18(10-23)30(49,50)51)24-11-19(31(52,53)54)4-20(12-24)32(55,56)57;15-11(10-4-2-1-3-5-10)9-14-7-6-13-8-12(14)16/h1-12H;1-8H,9H2/q-1;/p+1. The zero-order valence-electron chi connectivity index (χ0n) is 35.2. The molecule has 73 heavy (non-hydrogen) atoms. The molecule has 1 aromatic heterocycles. The molecule has 0 aliphatic rings. The largest absolute Gasteiger partial charge is 0.416 e. The Balaban J connectivity index is 0.000000520. The Morgan fingerprint density at radius 3 is 0.863 bits per heavy atom. The Hall–Kier alpha value is -6.97. The first-order valence-electron chi connectivity index (χ1n) is 19.5. The first kappa shape index (κ1) is 56.9. The van der Waals surface area contributed by atoms with Crippen molar-refractivity contribution in [1.82, 2.24) is 4.57 Å². The summed E-state index contributed by atoms with van der Waals surface area (Å²) in [6.07, 6.45) is -50.3. The number of aromatic nitrogens is 2. The van der Waals surface area contributed by atoms with Gasteiger partial charge in [-0.15, -0.1) is 0 Å². The number of halogens is 24. The minimum Gasteiger partial charge on any atom is -0.297 e. The van der Waals surface area contributed by atoms with E-state index in [-0.39, 0.29) is 17.9 Å². The van der Waals surface area contributed by atoms with Crippen LogP contribution in [-0.4, -0.2) is 16.5 Å². The van der Waals surface area contributed by atoms with Crippen LogP contribution in [0, 0.1) is 0 Å². The average Bonchev–Trinajstić information content (AvgIpc) is 3.25. The monoisotopic (exact) mass is 1080 g/mol. The SMILES string of the molecule is FC(F)(F)c1cc([B-](c2cc(C(F)(F)F)cc(C(F)(F)F)c2)(c2cc(C(F)(F)F)cc(C(F)(F)F)c2)c2cc(C(F)(F)F)cc(C(F)(F)F)c2)cc(C(F)(F)F)c1.O=C(Cn1cc[nH+]cc1=O)c1ccccc1. The predicted octanol–water partition coefficient (Wildman–Crippen LogP) is 11.8. The van der Waals surface area contributed by atoms with E-state index in [1.54, 1.807) is 36.7 Å². The third kappa shape index (κ3) is 13.2. The van der Waals surface area contributed by atoms with Crippen molar-refractivity contribution in [3.8, 4) is 0 Å². The van der Waals surface area contributed by atoms with E-state index in [9.17, 15) is 115 Å². The normalized spacial score (nSPS) is 13.4. The summed E-state index contributed by atoms with van der Waals surface area (Å²) in [5.41, 5.74) is -29.8. The number of ketones is 1. The summed E-state index contributed by atoms with van der Waals surface area (Å²) in [6.45, 7) is 0.0670. The van der Waals surface area contributed by atoms with E-state index in [1.165, 1.54) is 10.8 Å². The smallest absolute Gasteiger partial charge is 0.297 e. The van der Waals surface area contributed by atoms with Gasteiger partial charge in [0.1, 0.15) is 6.15 Å². The van der Waals surface area contributed by atoms with E-state index in [0.717, 1.165) is 0 Å². The molecule has 0 saturated heterocycles. The van der Waals surface area contributed by atoms with E-state index < -0.39 is 195 Å². The molecule has 0 fully saturated rings. The van der Waals surface area contributed by atoms with Gasteiger partial charge in [-0.3, -0.25) is 14.2 Å². The Bertz CT molecular complexity index is 2590. The number of rotatable bonds is 7. The van der Waals surface area contributed by atoms with E-state index in [1.807, 2.05) is 6.07 Å². The van der Waals surface area contributed by atoms with Gasteiger partial charge in [-0.05, 0) is 24.3 Å². The van der Waals surface area contributed by atoms with Crippen LogP contribution in [0.3, 0.4) is 0 Å². The number of alkyl halides is 24. The van der Waals surface area contributed by atoms with Gasteiger partial charge in [0, 0.05) is 5.56 Å². The lowest BCUT2D eigenvalue weighted by Gasteiger charge is -2.46. The summed E-state index contributed by atoms with van der Waals surface area (Å²) in [4.78, 5) is 25.8. The fraction of sp³-hybridized carbons (Fsp3) is 0.205. The average molecular weight is 1080 g/mol. The molecule has 5 aromatic carbocycles. The highest BCUT2D eigenvalue weighted by Gasteiger charge is 2.47. The molecule has 0 unspecified atom stereocenters. The number of Topliss-reactive ketones (excluding diaryl/α,β-unsaturated/α-hetero) is 1. The number of hydrogen-bond donors (Lipinski definition) is 0. The highest BCUT2D eigenvalue weighted by molar-refractivity contribution is 7.20. The molecule has 0 bridgehead atoms. The molecule has 0 radical (unpaired) electrons. The lowest BCUT2D eigenvalue weighted by Crippen LogP contribution is -2.75. The minimum absolute atomic E-state index is 0.0670. The molecule has 0 aliphatic heterocycles. The van der Waals surface area contributed by atoms with E-state index in [4.69, 9.17) is 0 Å². The van der Waals surface area contributed by atoms with Crippen molar-refractivity contribution >= 4 is 33.8 Å². The topological polar surface area (TPSA) is 53.2 Å². The summed E-state index contributed by atoms with van der Waals surface area (Å²) in [7, 11) is 0. The number of aromatic amines is 1. The first-order valence-corrected chi connectivity index (χ1v) is 19.5. The Labute approximate surface area is 391 Å². The number of nitrogens with zero attached hydrogens (tertiary/aromatic N) is 1. The number of hydrogen-bond acceptors (Lipinski definition) is 2. The third-order valence-electron chi connectivity index (χ3n) is 10.7. The van der Waals surface area contributed by atoms with Gasteiger partial charge in [0.25, 0.3) is 0 Å². The molecular formula is C44H23BF24N2O2. The van der Waals surface area contributed by atoms with Crippen molar-refractivity contribution in [1.29, 1.82) is 0 Å². The lowest BCUT2D eigenvalue weighted by atomic mass is 9.12. The second kappa shape index (κ2) is 19.5. The summed E-state index contributed by atoms with van der Waals surface area (Å²) in [6, 6.07) is 0.115. The van der Waals surface area contributed by atoms with Crippen LogP contribution >= 0.6 is 0 Å². The summed E-state index contributed by atoms with van der Waals surface area (Å²) in [5.74, 6) is -0.0751. The van der Waals surface area contributed by atoms with Crippen molar-refractivity contribution < 1.29 is 115 Å². The van der Waals surface area contributed by atoms with Crippen molar-refractivity contribution in [2.24, 2.45) is 0 Å². The molecule has 392 valence electrons. The molecular weight excluding hydrogens is 1060 g/mol. The van der Waals surface area contributed by atoms with Gasteiger partial charge < -0.3 is 0 Å². The maximum Gasteiger partial charge on any atom is 0.416 e. The van der Waals surface area contributed by atoms with Crippen LogP contribution in [0.5, 0.6) is 0 Å². The van der Waals surface area contributed by atoms with Crippen LogP contribution in [0.25, 0.3) is 0 Å². The van der Waals surface area contributed by atoms with Crippen molar-refractivity contribution in [3.63, 3.8) is 0 Å². The van der Waals surface area contributed by atoms with Crippen molar-refractivity contribution in [3.05, 3.63) is 182 Å². The van der Waals surface area contributed by atoms with E-state index >= 15 is 0 Å². The predicted molar refractivity (Wildman–Crippen MR) is 208 cm³/mol. The van der Waals surface area contributed by atoms with Gasteiger partial charge in [0.05, 0.1) is 57.2 Å². The summed E-state index contributed by atoms with van der Waals surface area (Å²) < 4.78 is 342. The summed E-state index contributed by atoms with van der Waals surface area (Å²) >= 11 is 0. The van der Waals surface area contributed by atoms with Gasteiger partial charge in [-0.25, -0.2) is 4.98 Å². The Morgan fingerprint density at radius 1 is 0.397 bits per heavy atom. The Morgan fingerprint density at radius 2 is 0.644 bits per heavy atom. The van der Waals surface area contributed by atoms with E-state index in [0.29, 0.717) is 5.56 Å². The quantitative estimate of drug-likeness (QED) is 0.0909. The second-order valence-corrected chi connectivity index (χ2v) is 15.6. The molecule has 4 nitrogen and oxygen atoms in total. The van der Waals surface area contributed by atoms with Gasteiger partial charge in [-0.2, -0.15) is 127 Å². The molecule has 0 saturated carbocycles. The second-order valence-electron chi connectivity index (χ2n) is 15.6. The zero-order chi connectivity index (χ0) is 55.3. The molecule has 0 amide bonds. The van der Waals surface area contributed by atoms with Crippen LogP contribution in [0.4, 0.5) is 105 Å². The van der Waals surface area contributed by atoms with Crippen molar-refractivity contribution in [2.45, 2.75) is 56.0 Å². The fourth-order valence-electron chi connectivity index (χ4n) is 7.48. The highest BCUT2D eigenvalue weighted by atomic mass is 19.4. The number of carbonyl (C=O) groups is 1. The minimum atomic E-state index is -6.13. The van der Waals surface area contributed by atoms with Gasteiger partial charge >= 0.3 is 55.0 Å². The lowest BCUT2D eigenvalue weighted by molar-refractivity contribution is -0.380. The first-order chi connectivity index (χ1) is 33.0. The number of nitrogens with one attached hydrogen (secondary N) is 1. The fourth-order valence-corrected chi connectivity index (χ4v) is 7.48.